The standard InChI is InChI=1S/C24H22N4O7S/c1-2-34-24(31)20-17-5-3-4-6-19(17)36-23(20)26-21(29)22(30)27-25-13-16-11-12-18(35-16)14-7-9-15(10-8-14)28(32)33/h7-13H,2-6H2,1H3,(H,26,29)(H,27,30)/b25-13+. The van der Waals surface area contributed by atoms with Crippen LogP contribution in [0.1, 0.15) is 46.3 Å². The summed E-state index contributed by atoms with van der Waals surface area (Å²) in [5.74, 6) is -1.77. The van der Waals surface area contributed by atoms with Gasteiger partial charge in [0.15, 0.2) is 0 Å². The molecule has 1 aromatic carbocycles. The molecule has 3 aromatic rings. The van der Waals surface area contributed by atoms with Crippen LogP contribution in [0.2, 0.25) is 0 Å². The first-order valence-corrected chi connectivity index (χ1v) is 12.0. The lowest BCUT2D eigenvalue weighted by molar-refractivity contribution is -0.384. The van der Waals surface area contributed by atoms with Crippen molar-refractivity contribution in [2.75, 3.05) is 11.9 Å². The lowest BCUT2D eigenvalue weighted by Gasteiger charge is -2.12. The molecule has 0 saturated carbocycles. The smallest absolute Gasteiger partial charge is 0.341 e. The average Bonchev–Trinajstić information content (AvgIpc) is 3.48. The second kappa shape index (κ2) is 11.0. The number of nitrogens with one attached hydrogen (secondary N) is 2. The highest BCUT2D eigenvalue weighted by molar-refractivity contribution is 7.17. The third-order valence-corrected chi connectivity index (χ3v) is 6.64. The minimum atomic E-state index is -1.02. The van der Waals surface area contributed by atoms with Crippen LogP contribution in [0.4, 0.5) is 10.7 Å². The summed E-state index contributed by atoms with van der Waals surface area (Å²) in [7, 11) is 0. The van der Waals surface area contributed by atoms with E-state index in [1.54, 1.807) is 31.2 Å². The van der Waals surface area contributed by atoms with Gasteiger partial charge in [0.1, 0.15) is 16.5 Å². The molecule has 0 radical (unpaired) electrons. The van der Waals surface area contributed by atoms with Crippen molar-refractivity contribution in [3.8, 4) is 11.3 Å². The van der Waals surface area contributed by atoms with E-state index < -0.39 is 22.7 Å². The van der Waals surface area contributed by atoms with Gasteiger partial charge < -0.3 is 14.5 Å². The summed E-state index contributed by atoms with van der Waals surface area (Å²) in [5.41, 5.74) is 3.91. The van der Waals surface area contributed by atoms with E-state index >= 15 is 0 Å². The first-order valence-electron chi connectivity index (χ1n) is 11.2. The van der Waals surface area contributed by atoms with Crippen molar-refractivity contribution >= 4 is 46.0 Å². The molecule has 0 bridgehead atoms. The number of rotatable bonds is 7. The predicted molar refractivity (Wildman–Crippen MR) is 132 cm³/mol. The maximum atomic E-state index is 12.5. The quantitative estimate of drug-likeness (QED) is 0.160. The van der Waals surface area contributed by atoms with Crippen molar-refractivity contribution in [1.29, 1.82) is 0 Å². The Balaban J connectivity index is 1.39. The van der Waals surface area contributed by atoms with Gasteiger partial charge in [0.05, 0.1) is 23.3 Å². The average molecular weight is 511 g/mol. The van der Waals surface area contributed by atoms with Crippen LogP contribution >= 0.6 is 11.3 Å². The number of esters is 1. The number of ether oxygens (including phenoxy) is 1. The van der Waals surface area contributed by atoms with Crippen LogP contribution in [-0.2, 0) is 27.2 Å². The minimum Gasteiger partial charge on any atom is -0.462 e. The fourth-order valence-corrected chi connectivity index (χ4v) is 5.04. The summed E-state index contributed by atoms with van der Waals surface area (Å²) in [6.45, 7) is 1.90. The van der Waals surface area contributed by atoms with Crippen molar-refractivity contribution in [2.24, 2.45) is 5.10 Å². The summed E-state index contributed by atoms with van der Waals surface area (Å²) in [5, 5.41) is 17.3. The van der Waals surface area contributed by atoms with Gasteiger partial charge in [-0.2, -0.15) is 5.10 Å². The zero-order valence-electron chi connectivity index (χ0n) is 19.2. The lowest BCUT2D eigenvalue weighted by atomic mass is 9.95. The van der Waals surface area contributed by atoms with Gasteiger partial charge in [-0.1, -0.05) is 0 Å². The number of amides is 2. The fraction of sp³-hybridized carbons (Fsp3) is 0.250. The maximum absolute atomic E-state index is 12.5. The zero-order chi connectivity index (χ0) is 25.7. The highest BCUT2D eigenvalue weighted by atomic mass is 32.1. The number of carbonyl (C=O) groups excluding carboxylic acids is 3. The molecular formula is C24H22N4O7S. The van der Waals surface area contributed by atoms with Crippen molar-refractivity contribution < 1.29 is 28.5 Å². The van der Waals surface area contributed by atoms with E-state index in [4.69, 9.17) is 9.15 Å². The molecule has 0 unspecified atom stereocenters. The van der Waals surface area contributed by atoms with Gasteiger partial charge in [-0.15, -0.1) is 11.3 Å². The number of nitro benzene ring substituents is 1. The van der Waals surface area contributed by atoms with Crippen molar-refractivity contribution in [1.82, 2.24) is 5.43 Å². The Morgan fingerprint density at radius 2 is 1.89 bits per heavy atom. The summed E-state index contributed by atoms with van der Waals surface area (Å²) in [6.07, 6.45) is 4.68. The number of hydrogen-bond acceptors (Lipinski definition) is 9. The summed E-state index contributed by atoms with van der Waals surface area (Å²) in [4.78, 5) is 48.5. The molecule has 2 aromatic heterocycles. The third kappa shape index (κ3) is 5.49. The molecule has 12 heteroatoms. The number of thiophene rings is 1. The first-order chi connectivity index (χ1) is 17.4. The Morgan fingerprint density at radius 1 is 1.14 bits per heavy atom. The number of nitrogens with zero attached hydrogens (tertiary/aromatic N) is 2. The highest BCUT2D eigenvalue weighted by Crippen LogP contribution is 2.38. The molecule has 4 rings (SSSR count). The largest absolute Gasteiger partial charge is 0.462 e. The first kappa shape index (κ1) is 24.8. The van der Waals surface area contributed by atoms with E-state index in [1.807, 2.05) is 0 Å². The molecule has 1 aliphatic rings. The fourth-order valence-electron chi connectivity index (χ4n) is 3.76. The molecule has 0 aliphatic heterocycles. The Labute approximate surface area is 209 Å². The molecule has 2 amide bonds. The molecule has 186 valence electrons. The van der Waals surface area contributed by atoms with Crippen molar-refractivity contribution in [2.45, 2.75) is 32.6 Å². The number of hydrazone groups is 1. The highest BCUT2D eigenvalue weighted by Gasteiger charge is 2.28. The van der Waals surface area contributed by atoms with Crippen LogP contribution in [0.15, 0.2) is 45.9 Å². The molecule has 0 atom stereocenters. The monoisotopic (exact) mass is 510 g/mol. The normalized spacial score (nSPS) is 12.7. The van der Waals surface area contributed by atoms with Gasteiger partial charge >= 0.3 is 17.8 Å². The molecule has 36 heavy (non-hydrogen) atoms. The molecule has 0 saturated heterocycles. The van der Waals surface area contributed by atoms with Gasteiger partial charge in [-0.3, -0.25) is 19.7 Å². The van der Waals surface area contributed by atoms with Gasteiger partial charge in [0, 0.05) is 22.6 Å². The number of anilines is 1. The zero-order valence-corrected chi connectivity index (χ0v) is 20.1. The van der Waals surface area contributed by atoms with Gasteiger partial charge in [-0.25, -0.2) is 10.2 Å². The summed E-state index contributed by atoms with van der Waals surface area (Å²) < 4.78 is 10.8. The predicted octanol–water partition coefficient (Wildman–Crippen LogP) is 4.06. The molecule has 1 aliphatic carbocycles. The lowest BCUT2D eigenvalue weighted by Crippen LogP contribution is -2.32. The SMILES string of the molecule is CCOC(=O)c1c(NC(=O)C(=O)N/N=C/c2ccc(-c3ccc([N+](=O)[O-])cc3)o2)sc2c1CCCC2. The Morgan fingerprint density at radius 3 is 2.61 bits per heavy atom. The number of furan rings is 1. The number of nitro groups is 1. The Bertz CT molecular complexity index is 1340. The molecule has 0 spiro atoms. The number of hydrogen-bond donors (Lipinski definition) is 2. The number of benzene rings is 1. The van der Waals surface area contributed by atoms with E-state index in [1.165, 1.54) is 29.7 Å². The summed E-state index contributed by atoms with van der Waals surface area (Å²) >= 11 is 1.28. The second-order valence-corrected chi connectivity index (χ2v) is 8.90. The maximum Gasteiger partial charge on any atom is 0.341 e. The van der Waals surface area contributed by atoms with Crippen molar-refractivity contribution in [3.63, 3.8) is 0 Å². The molecule has 0 fully saturated rings. The third-order valence-electron chi connectivity index (χ3n) is 5.43. The van der Waals surface area contributed by atoms with Crippen LogP contribution in [0.3, 0.4) is 0 Å². The van der Waals surface area contributed by atoms with Crippen LogP contribution < -0.4 is 10.7 Å². The Hall–Kier alpha value is -4.32. The number of fused-ring (bicyclic) bond motifs is 1. The summed E-state index contributed by atoms with van der Waals surface area (Å²) in [6, 6.07) is 9.07. The van der Waals surface area contributed by atoms with Gasteiger partial charge in [0.25, 0.3) is 5.69 Å². The van der Waals surface area contributed by atoms with E-state index in [0.717, 1.165) is 36.1 Å². The van der Waals surface area contributed by atoms with Crippen LogP contribution in [-0.4, -0.2) is 35.5 Å². The van der Waals surface area contributed by atoms with E-state index in [0.29, 0.717) is 27.6 Å². The minimum absolute atomic E-state index is 0.0369. The van der Waals surface area contributed by atoms with Crippen LogP contribution in [0.25, 0.3) is 11.3 Å². The number of carbonyl (C=O) groups is 3. The molecule has 11 nitrogen and oxygen atoms in total. The van der Waals surface area contributed by atoms with E-state index in [2.05, 4.69) is 15.8 Å². The van der Waals surface area contributed by atoms with Crippen molar-refractivity contribution in [3.05, 3.63) is 68.3 Å². The molecule has 2 N–H and O–H groups in total. The Kier molecular flexibility index (Phi) is 7.54. The van der Waals surface area contributed by atoms with Crippen LogP contribution in [0, 0.1) is 10.1 Å². The number of non-ortho nitro benzene ring substituents is 1. The second-order valence-electron chi connectivity index (χ2n) is 7.79. The molecular weight excluding hydrogens is 488 g/mol. The number of aryl methyl sites for hydroxylation is 1. The van der Waals surface area contributed by atoms with E-state index in [-0.39, 0.29) is 12.3 Å². The topological polar surface area (TPSA) is 153 Å². The van der Waals surface area contributed by atoms with Gasteiger partial charge in [0.2, 0.25) is 0 Å². The van der Waals surface area contributed by atoms with Crippen LogP contribution in [0.5, 0.6) is 0 Å². The molecule has 2 heterocycles. The van der Waals surface area contributed by atoms with Gasteiger partial charge in [-0.05, 0) is 62.4 Å². The van der Waals surface area contributed by atoms with E-state index in [9.17, 15) is 24.5 Å².